The monoisotopic (exact) mass is 274 g/mol. The van der Waals surface area contributed by atoms with Crippen LogP contribution in [0.4, 0.5) is 18.9 Å². The maximum atomic E-state index is 12.8. The topological polar surface area (TPSA) is 49.5 Å². The Morgan fingerprint density at radius 3 is 2.47 bits per heavy atom. The zero-order valence-corrected chi connectivity index (χ0v) is 10.5. The van der Waals surface area contributed by atoms with Crippen molar-refractivity contribution in [3.63, 3.8) is 0 Å². The van der Waals surface area contributed by atoms with Crippen LogP contribution in [-0.2, 0) is 12.7 Å². The molecule has 0 aromatic heterocycles. The highest BCUT2D eigenvalue weighted by Gasteiger charge is 2.34. The second kappa shape index (κ2) is 5.38. The largest absolute Gasteiger partial charge is 0.416 e. The number of hydrogen-bond acceptors (Lipinski definition) is 3. The first-order valence-corrected chi connectivity index (χ1v) is 6.25. The van der Waals surface area contributed by atoms with E-state index < -0.39 is 11.7 Å². The van der Waals surface area contributed by atoms with Crippen molar-refractivity contribution in [1.82, 2.24) is 0 Å². The second-order valence-corrected chi connectivity index (χ2v) is 4.69. The van der Waals surface area contributed by atoms with Gasteiger partial charge in [-0.3, -0.25) is 0 Å². The molecule has 0 radical (unpaired) electrons. The Bertz CT molecular complexity index is 444. The van der Waals surface area contributed by atoms with Crippen LogP contribution in [0.3, 0.4) is 0 Å². The van der Waals surface area contributed by atoms with Crippen LogP contribution in [0.5, 0.6) is 0 Å². The average molecular weight is 274 g/mol. The van der Waals surface area contributed by atoms with Crippen LogP contribution >= 0.6 is 0 Å². The highest BCUT2D eigenvalue weighted by atomic mass is 19.4. The summed E-state index contributed by atoms with van der Waals surface area (Å²) in [5.74, 6) is 0. The van der Waals surface area contributed by atoms with Crippen molar-refractivity contribution in [2.75, 3.05) is 18.1 Å². The van der Waals surface area contributed by atoms with Crippen molar-refractivity contribution in [1.29, 1.82) is 0 Å². The number of aliphatic hydroxyl groups is 1. The molecule has 0 unspecified atom stereocenters. The SMILES string of the molecule is NCc1cc(N(CCO)C2CC2)ccc1C(F)(F)F. The fraction of sp³-hybridized carbons (Fsp3) is 0.538. The minimum Gasteiger partial charge on any atom is -0.395 e. The molecule has 106 valence electrons. The fourth-order valence-corrected chi connectivity index (χ4v) is 2.22. The first kappa shape index (κ1) is 14.1. The molecule has 2 rings (SSSR count). The van der Waals surface area contributed by atoms with Crippen LogP contribution in [0, 0.1) is 0 Å². The summed E-state index contributed by atoms with van der Waals surface area (Å²) in [6, 6.07) is 4.34. The normalized spacial score (nSPS) is 15.6. The molecule has 0 aliphatic heterocycles. The Morgan fingerprint density at radius 1 is 1.32 bits per heavy atom. The summed E-state index contributed by atoms with van der Waals surface area (Å²) in [7, 11) is 0. The quantitative estimate of drug-likeness (QED) is 0.864. The van der Waals surface area contributed by atoms with Crippen LogP contribution in [0.25, 0.3) is 0 Å². The van der Waals surface area contributed by atoms with Gasteiger partial charge in [-0.25, -0.2) is 0 Å². The molecule has 6 heteroatoms. The van der Waals surface area contributed by atoms with E-state index in [9.17, 15) is 13.2 Å². The van der Waals surface area contributed by atoms with Crippen molar-refractivity contribution in [3.8, 4) is 0 Å². The third-order valence-electron chi connectivity index (χ3n) is 3.27. The van der Waals surface area contributed by atoms with E-state index in [0.717, 1.165) is 18.9 Å². The predicted octanol–water partition coefficient (Wildman–Crippen LogP) is 2.13. The van der Waals surface area contributed by atoms with Crippen molar-refractivity contribution in [3.05, 3.63) is 29.3 Å². The van der Waals surface area contributed by atoms with Crippen LogP contribution in [-0.4, -0.2) is 24.3 Å². The Labute approximate surface area is 109 Å². The van der Waals surface area contributed by atoms with Crippen LogP contribution in [0.15, 0.2) is 18.2 Å². The number of halogens is 3. The van der Waals surface area contributed by atoms with Crippen molar-refractivity contribution in [2.24, 2.45) is 5.73 Å². The molecular formula is C13H17F3N2O. The van der Waals surface area contributed by atoms with Crippen molar-refractivity contribution in [2.45, 2.75) is 31.6 Å². The van der Waals surface area contributed by atoms with Crippen LogP contribution in [0.2, 0.25) is 0 Å². The molecule has 1 fully saturated rings. The van der Waals surface area contributed by atoms with E-state index in [1.807, 2.05) is 4.90 Å². The Kier molecular flexibility index (Phi) is 4.01. The third kappa shape index (κ3) is 3.19. The van der Waals surface area contributed by atoms with Gasteiger partial charge in [-0.15, -0.1) is 0 Å². The molecule has 1 saturated carbocycles. The summed E-state index contributed by atoms with van der Waals surface area (Å²) >= 11 is 0. The molecule has 1 aromatic carbocycles. The highest BCUT2D eigenvalue weighted by Crippen LogP contribution is 2.36. The van der Waals surface area contributed by atoms with E-state index in [0.29, 0.717) is 18.3 Å². The standard InChI is InChI=1S/C13H17F3N2O/c14-13(15,16)12-4-3-11(7-9(12)8-17)18(5-6-19)10-1-2-10/h3-4,7,10,19H,1-2,5-6,8,17H2. The number of anilines is 1. The van der Waals surface area contributed by atoms with Crippen molar-refractivity contribution < 1.29 is 18.3 Å². The number of alkyl halides is 3. The molecule has 1 aromatic rings. The number of hydrogen-bond donors (Lipinski definition) is 2. The number of rotatable bonds is 5. The van der Waals surface area contributed by atoms with Gasteiger partial charge in [0.05, 0.1) is 12.2 Å². The average Bonchev–Trinajstić information content (AvgIpc) is 3.18. The van der Waals surface area contributed by atoms with Crippen LogP contribution < -0.4 is 10.6 Å². The van der Waals surface area contributed by atoms with E-state index in [1.165, 1.54) is 12.1 Å². The van der Waals surface area contributed by atoms with Gasteiger partial charge in [0, 0.05) is 24.8 Å². The number of aliphatic hydroxyl groups excluding tert-OH is 1. The van der Waals surface area contributed by atoms with Crippen molar-refractivity contribution >= 4 is 5.69 Å². The molecule has 0 saturated heterocycles. The van der Waals surface area contributed by atoms with Gasteiger partial charge >= 0.3 is 6.18 Å². The van der Waals surface area contributed by atoms with Gasteiger partial charge in [0.25, 0.3) is 0 Å². The lowest BCUT2D eigenvalue weighted by atomic mass is 10.1. The second-order valence-electron chi connectivity index (χ2n) is 4.69. The van der Waals surface area contributed by atoms with Gasteiger partial charge in [-0.2, -0.15) is 13.2 Å². The number of nitrogens with zero attached hydrogens (tertiary/aromatic N) is 1. The summed E-state index contributed by atoms with van der Waals surface area (Å²) in [6.45, 7) is 0.260. The summed E-state index contributed by atoms with van der Waals surface area (Å²) in [5, 5.41) is 9.04. The lowest BCUT2D eigenvalue weighted by Gasteiger charge is -2.25. The molecule has 1 aliphatic rings. The molecule has 19 heavy (non-hydrogen) atoms. The number of benzene rings is 1. The molecule has 0 spiro atoms. The zero-order valence-electron chi connectivity index (χ0n) is 10.5. The Balaban J connectivity index is 2.32. The fourth-order valence-electron chi connectivity index (χ4n) is 2.22. The molecule has 0 atom stereocenters. The molecule has 3 nitrogen and oxygen atoms in total. The third-order valence-corrected chi connectivity index (χ3v) is 3.27. The van der Waals surface area contributed by atoms with Gasteiger partial charge in [-0.05, 0) is 36.6 Å². The van der Waals surface area contributed by atoms with Gasteiger partial charge in [0.2, 0.25) is 0 Å². The minimum atomic E-state index is -4.38. The first-order valence-electron chi connectivity index (χ1n) is 6.25. The van der Waals surface area contributed by atoms with E-state index >= 15 is 0 Å². The van der Waals surface area contributed by atoms with Gasteiger partial charge < -0.3 is 15.7 Å². The summed E-state index contributed by atoms with van der Waals surface area (Å²) in [4.78, 5) is 1.94. The first-order chi connectivity index (χ1) is 8.97. The maximum absolute atomic E-state index is 12.8. The van der Waals surface area contributed by atoms with E-state index in [4.69, 9.17) is 10.8 Å². The van der Waals surface area contributed by atoms with Crippen LogP contribution in [0.1, 0.15) is 24.0 Å². The van der Waals surface area contributed by atoms with Gasteiger partial charge in [0.1, 0.15) is 0 Å². The van der Waals surface area contributed by atoms with Gasteiger partial charge in [-0.1, -0.05) is 0 Å². The summed E-state index contributed by atoms with van der Waals surface area (Å²) in [6.07, 6.45) is -2.35. The summed E-state index contributed by atoms with van der Waals surface area (Å²) in [5.41, 5.74) is 5.52. The number of nitrogens with two attached hydrogens (primary N) is 1. The smallest absolute Gasteiger partial charge is 0.395 e. The molecule has 0 bridgehead atoms. The predicted molar refractivity (Wildman–Crippen MR) is 66.8 cm³/mol. The molecule has 1 aliphatic carbocycles. The van der Waals surface area contributed by atoms with E-state index in [1.54, 1.807) is 0 Å². The highest BCUT2D eigenvalue weighted by molar-refractivity contribution is 5.53. The van der Waals surface area contributed by atoms with E-state index in [-0.39, 0.29) is 18.7 Å². The molecular weight excluding hydrogens is 257 g/mol. The molecule has 3 N–H and O–H groups in total. The van der Waals surface area contributed by atoms with Gasteiger partial charge in [0.15, 0.2) is 0 Å². The lowest BCUT2D eigenvalue weighted by Crippen LogP contribution is -2.29. The Hall–Kier alpha value is -1.27. The summed E-state index contributed by atoms with van der Waals surface area (Å²) < 4.78 is 38.3. The molecule has 0 heterocycles. The molecule has 0 amide bonds. The maximum Gasteiger partial charge on any atom is 0.416 e. The lowest BCUT2D eigenvalue weighted by molar-refractivity contribution is -0.138. The van der Waals surface area contributed by atoms with E-state index in [2.05, 4.69) is 0 Å². The minimum absolute atomic E-state index is 0.0184. The zero-order chi connectivity index (χ0) is 14.0. The Morgan fingerprint density at radius 2 is 2.00 bits per heavy atom.